The van der Waals surface area contributed by atoms with Gasteiger partial charge in [0.25, 0.3) is 0 Å². The van der Waals surface area contributed by atoms with Crippen LogP contribution < -0.4 is 11.1 Å². The summed E-state index contributed by atoms with van der Waals surface area (Å²) in [5.41, 5.74) is 6.98. The molecular formula is C15H21N3O2. The number of nitrogens with zero attached hydrogens (tertiary/aromatic N) is 1. The van der Waals surface area contributed by atoms with Crippen molar-refractivity contribution in [2.75, 3.05) is 12.4 Å². The van der Waals surface area contributed by atoms with E-state index in [0.717, 1.165) is 24.8 Å². The monoisotopic (exact) mass is 275 g/mol. The number of pyridine rings is 1. The van der Waals surface area contributed by atoms with Gasteiger partial charge in [-0.1, -0.05) is 0 Å². The maximum Gasteiger partial charge on any atom is 0.228 e. The molecule has 3 N–H and O–H groups in total. The second-order valence-electron chi connectivity index (χ2n) is 5.96. The molecule has 2 fully saturated rings. The molecule has 2 aliphatic carbocycles. The van der Waals surface area contributed by atoms with E-state index >= 15 is 0 Å². The summed E-state index contributed by atoms with van der Waals surface area (Å²) in [4.78, 5) is 16.5. The van der Waals surface area contributed by atoms with Crippen LogP contribution in [0.4, 0.5) is 5.82 Å². The van der Waals surface area contributed by atoms with Crippen molar-refractivity contribution in [3.8, 4) is 0 Å². The summed E-state index contributed by atoms with van der Waals surface area (Å²) in [6.45, 7) is 0.522. The zero-order chi connectivity index (χ0) is 14.1. The molecule has 2 aliphatic rings. The summed E-state index contributed by atoms with van der Waals surface area (Å²) in [6, 6.07) is 4.05. The van der Waals surface area contributed by atoms with E-state index in [4.69, 9.17) is 10.5 Å². The lowest BCUT2D eigenvalue weighted by atomic mass is 9.72. The van der Waals surface area contributed by atoms with Crippen LogP contribution in [-0.2, 0) is 16.1 Å². The fourth-order valence-corrected chi connectivity index (χ4v) is 3.52. The number of hydrogen-bond donors (Lipinski definition) is 2. The fourth-order valence-electron chi connectivity index (χ4n) is 3.52. The third-order valence-electron chi connectivity index (χ3n) is 4.63. The number of carbonyl (C=O) groups excluding carboxylic acids is 1. The smallest absolute Gasteiger partial charge is 0.228 e. The highest BCUT2D eigenvalue weighted by Gasteiger charge is 2.47. The quantitative estimate of drug-likeness (QED) is 0.874. The van der Waals surface area contributed by atoms with Gasteiger partial charge in [0.05, 0.1) is 6.61 Å². The summed E-state index contributed by atoms with van der Waals surface area (Å²) in [5.74, 6) is 1.99. The van der Waals surface area contributed by atoms with Crippen molar-refractivity contribution in [1.82, 2.24) is 4.98 Å². The van der Waals surface area contributed by atoms with Crippen LogP contribution in [0, 0.1) is 17.8 Å². The predicted molar refractivity (Wildman–Crippen MR) is 75.9 cm³/mol. The largest absolute Gasteiger partial charge is 0.380 e. The normalized spacial score (nSPS) is 31.5. The van der Waals surface area contributed by atoms with Crippen LogP contribution in [0.25, 0.3) is 0 Å². The number of aromatic nitrogens is 1. The number of nitrogens with one attached hydrogen (secondary N) is 1. The van der Waals surface area contributed by atoms with Crippen LogP contribution in [0.15, 0.2) is 18.3 Å². The number of methoxy groups -OCH3 is 1. The molecule has 20 heavy (non-hydrogen) atoms. The molecule has 0 spiro atoms. The van der Waals surface area contributed by atoms with Crippen molar-refractivity contribution in [2.45, 2.75) is 31.9 Å². The molecule has 0 aliphatic heterocycles. The van der Waals surface area contributed by atoms with E-state index in [1.165, 1.54) is 0 Å². The molecule has 0 radical (unpaired) electrons. The van der Waals surface area contributed by atoms with E-state index in [2.05, 4.69) is 10.3 Å². The maximum atomic E-state index is 12.3. The highest BCUT2D eigenvalue weighted by Crippen LogP contribution is 2.48. The SMILES string of the molecule is COCc1ccnc(NC(=O)C2C[C@@H]3C[C@H](N)[C@@H]3C2)c1. The molecule has 5 nitrogen and oxygen atoms in total. The Morgan fingerprint density at radius 3 is 3.05 bits per heavy atom. The number of anilines is 1. The van der Waals surface area contributed by atoms with Gasteiger partial charge in [-0.05, 0) is 48.8 Å². The number of rotatable bonds is 4. The third-order valence-corrected chi connectivity index (χ3v) is 4.63. The van der Waals surface area contributed by atoms with E-state index in [9.17, 15) is 4.79 Å². The summed E-state index contributed by atoms with van der Waals surface area (Å²) in [5, 5.41) is 2.92. The van der Waals surface area contributed by atoms with Gasteiger partial charge < -0.3 is 15.8 Å². The van der Waals surface area contributed by atoms with Crippen LogP contribution in [0.3, 0.4) is 0 Å². The highest BCUT2D eigenvalue weighted by molar-refractivity contribution is 5.92. The summed E-state index contributed by atoms with van der Waals surface area (Å²) in [6.07, 6.45) is 4.67. The molecule has 1 aromatic heterocycles. The minimum atomic E-state index is 0.0775. The van der Waals surface area contributed by atoms with Gasteiger partial charge in [-0.2, -0.15) is 0 Å². The Hall–Kier alpha value is -1.46. The molecule has 108 valence electrons. The lowest BCUT2D eigenvalue weighted by Gasteiger charge is -2.37. The van der Waals surface area contributed by atoms with E-state index in [-0.39, 0.29) is 11.8 Å². The highest BCUT2D eigenvalue weighted by atomic mass is 16.5. The van der Waals surface area contributed by atoms with E-state index in [0.29, 0.717) is 30.3 Å². The van der Waals surface area contributed by atoms with Crippen LogP contribution in [0.5, 0.6) is 0 Å². The zero-order valence-corrected chi connectivity index (χ0v) is 11.7. The summed E-state index contributed by atoms with van der Waals surface area (Å²) >= 11 is 0. The third kappa shape index (κ3) is 2.55. The molecule has 4 atom stereocenters. The molecule has 1 aromatic rings. The van der Waals surface area contributed by atoms with Gasteiger partial charge in [0.15, 0.2) is 0 Å². The number of ether oxygens (including phenoxy) is 1. The molecule has 0 bridgehead atoms. The van der Waals surface area contributed by atoms with Crippen molar-refractivity contribution in [3.05, 3.63) is 23.9 Å². The Bertz CT molecular complexity index is 506. The van der Waals surface area contributed by atoms with Gasteiger partial charge in [0.2, 0.25) is 5.91 Å². The predicted octanol–water partition coefficient (Wildman–Crippen LogP) is 1.54. The lowest BCUT2D eigenvalue weighted by molar-refractivity contribution is -0.119. The maximum absolute atomic E-state index is 12.3. The number of nitrogens with two attached hydrogens (primary N) is 1. The molecule has 0 saturated heterocycles. The second kappa shape index (κ2) is 5.50. The first-order chi connectivity index (χ1) is 9.67. The molecular weight excluding hydrogens is 254 g/mol. The summed E-state index contributed by atoms with van der Waals surface area (Å²) < 4.78 is 5.08. The average molecular weight is 275 g/mol. The first-order valence-electron chi connectivity index (χ1n) is 7.17. The first kappa shape index (κ1) is 13.5. The first-order valence-corrected chi connectivity index (χ1v) is 7.17. The second-order valence-corrected chi connectivity index (χ2v) is 5.96. The van der Waals surface area contributed by atoms with Crippen molar-refractivity contribution < 1.29 is 9.53 Å². The van der Waals surface area contributed by atoms with Crippen LogP contribution in [0.1, 0.15) is 24.8 Å². The van der Waals surface area contributed by atoms with Crippen molar-refractivity contribution in [2.24, 2.45) is 23.5 Å². The molecule has 1 unspecified atom stereocenters. The van der Waals surface area contributed by atoms with Crippen molar-refractivity contribution in [3.63, 3.8) is 0 Å². The molecule has 2 saturated carbocycles. The Morgan fingerprint density at radius 2 is 2.35 bits per heavy atom. The van der Waals surface area contributed by atoms with Crippen LogP contribution >= 0.6 is 0 Å². The van der Waals surface area contributed by atoms with E-state index in [1.807, 2.05) is 12.1 Å². The van der Waals surface area contributed by atoms with Gasteiger partial charge in [0.1, 0.15) is 5.82 Å². The van der Waals surface area contributed by atoms with Gasteiger partial charge in [0, 0.05) is 25.3 Å². The number of amides is 1. The molecule has 3 rings (SSSR count). The van der Waals surface area contributed by atoms with Crippen LogP contribution in [-0.4, -0.2) is 24.0 Å². The van der Waals surface area contributed by atoms with Crippen LogP contribution in [0.2, 0.25) is 0 Å². The number of hydrogen-bond acceptors (Lipinski definition) is 4. The molecule has 0 aromatic carbocycles. The standard InChI is InChI=1S/C15H21N3O2/c1-20-8-9-2-3-17-14(4-9)18-15(19)11-5-10-7-13(16)12(10)6-11/h2-4,10-13H,5-8,16H2,1H3,(H,17,18,19)/t10-,11?,12-,13+/m1/s1. The van der Waals surface area contributed by atoms with E-state index in [1.54, 1.807) is 13.3 Å². The molecule has 5 heteroatoms. The van der Waals surface area contributed by atoms with Gasteiger partial charge in [-0.3, -0.25) is 4.79 Å². The summed E-state index contributed by atoms with van der Waals surface area (Å²) in [7, 11) is 1.65. The number of fused-ring (bicyclic) bond motifs is 1. The van der Waals surface area contributed by atoms with Crippen molar-refractivity contribution in [1.29, 1.82) is 0 Å². The fraction of sp³-hybridized carbons (Fsp3) is 0.600. The van der Waals surface area contributed by atoms with E-state index < -0.39 is 0 Å². The zero-order valence-electron chi connectivity index (χ0n) is 11.7. The molecule has 1 amide bonds. The minimum absolute atomic E-state index is 0.0775. The number of carbonyl (C=O) groups is 1. The Labute approximate surface area is 118 Å². The Kier molecular flexibility index (Phi) is 3.72. The van der Waals surface area contributed by atoms with Crippen molar-refractivity contribution >= 4 is 11.7 Å². The topological polar surface area (TPSA) is 77.2 Å². The lowest BCUT2D eigenvalue weighted by Crippen LogP contribution is -2.44. The Morgan fingerprint density at radius 1 is 1.50 bits per heavy atom. The van der Waals surface area contributed by atoms with Gasteiger partial charge >= 0.3 is 0 Å². The minimum Gasteiger partial charge on any atom is -0.380 e. The Balaban J connectivity index is 1.60. The molecule has 1 heterocycles. The average Bonchev–Trinajstić information content (AvgIpc) is 2.77. The van der Waals surface area contributed by atoms with Gasteiger partial charge in [-0.15, -0.1) is 0 Å². The van der Waals surface area contributed by atoms with Gasteiger partial charge in [-0.25, -0.2) is 4.98 Å².